The summed E-state index contributed by atoms with van der Waals surface area (Å²) in [5, 5.41) is 0. The van der Waals surface area contributed by atoms with Crippen LogP contribution in [0.5, 0.6) is 0 Å². The van der Waals surface area contributed by atoms with Gasteiger partial charge in [0.1, 0.15) is 13.2 Å². The lowest BCUT2D eigenvalue weighted by Gasteiger charge is -2.18. The first-order valence-corrected chi connectivity index (χ1v) is 27.6. The highest BCUT2D eigenvalue weighted by atomic mass is 16.6. The number of carbonyl (C=O) groups is 3. The van der Waals surface area contributed by atoms with E-state index in [1.807, 2.05) is 0 Å². The number of hydrogen-bond donors (Lipinski definition) is 0. The Morgan fingerprint density at radius 1 is 0.318 bits per heavy atom. The van der Waals surface area contributed by atoms with Gasteiger partial charge in [-0.15, -0.1) is 0 Å². The van der Waals surface area contributed by atoms with Crippen molar-refractivity contribution in [2.75, 3.05) is 13.2 Å². The predicted molar refractivity (Wildman–Crippen MR) is 284 cm³/mol. The van der Waals surface area contributed by atoms with Crippen molar-refractivity contribution in [1.29, 1.82) is 0 Å². The molecular formula is C60H102O6. The molecular weight excluding hydrogens is 817 g/mol. The number of rotatable bonds is 49. The van der Waals surface area contributed by atoms with Crippen LogP contribution in [0.15, 0.2) is 85.1 Å². The van der Waals surface area contributed by atoms with E-state index in [1.165, 1.54) is 116 Å². The predicted octanol–water partition coefficient (Wildman–Crippen LogP) is 18.4. The Morgan fingerprint density at radius 2 is 0.591 bits per heavy atom. The van der Waals surface area contributed by atoms with Crippen LogP contribution in [-0.4, -0.2) is 37.2 Å². The average molecular weight is 919 g/mol. The third-order valence-electron chi connectivity index (χ3n) is 11.6. The van der Waals surface area contributed by atoms with Crippen LogP contribution in [-0.2, 0) is 28.6 Å². The van der Waals surface area contributed by atoms with Gasteiger partial charge in [0.25, 0.3) is 0 Å². The average Bonchev–Trinajstić information content (AvgIpc) is 3.31. The second-order valence-electron chi connectivity index (χ2n) is 18.1. The van der Waals surface area contributed by atoms with Gasteiger partial charge in [-0.2, -0.15) is 0 Å². The molecule has 66 heavy (non-hydrogen) atoms. The molecule has 0 aromatic heterocycles. The van der Waals surface area contributed by atoms with Gasteiger partial charge in [0.05, 0.1) is 0 Å². The summed E-state index contributed by atoms with van der Waals surface area (Å²) in [5.41, 5.74) is 0. The van der Waals surface area contributed by atoms with Gasteiger partial charge in [-0.25, -0.2) is 0 Å². The van der Waals surface area contributed by atoms with Crippen LogP contribution in [0.25, 0.3) is 0 Å². The van der Waals surface area contributed by atoms with E-state index < -0.39 is 6.10 Å². The minimum atomic E-state index is -0.796. The lowest BCUT2D eigenvalue weighted by Crippen LogP contribution is -2.30. The zero-order valence-electron chi connectivity index (χ0n) is 43.2. The largest absolute Gasteiger partial charge is 0.462 e. The van der Waals surface area contributed by atoms with Gasteiger partial charge < -0.3 is 14.2 Å². The summed E-state index contributed by atoms with van der Waals surface area (Å²) in [6.07, 6.45) is 69.9. The fourth-order valence-corrected chi connectivity index (χ4v) is 7.46. The highest BCUT2D eigenvalue weighted by Gasteiger charge is 2.19. The van der Waals surface area contributed by atoms with E-state index in [0.717, 1.165) is 103 Å². The highest BCUT2D eigenvalue weighted by molar-refractivity contribution is 5.71. The number of unbranched alkanes of at least 4 members (excludes halogenated alkanes) is 24. The van der Waals surface area contributed by atoms with E-state index in [-0.39, 0.29) is 31.1 Å². The molecule has 0 N–H and O–H groups in total. The van der Waals surface area contributed by atoms with Crippen LogP contribution in [0.4, 0.5) is 0 Å². The fourth-order valence-electron chi connectivity index (χ4n) is 7.46. The molecule has 0 aliphatic carbocycles. The quantitative estimate of drug-likeness (QED) is 0.0262. The van der Waals surface area contributed by atoms with Gasteiger partial charge in [-0.1, -0.05) is 209 Å². The molecule has 0 aromatic rings. The summed E-state index contributed by atoms with van der Waals surface area (Å²) < 4.78 is 16.8. The maximum Gasteiger partial charge on any atom is 0.306 e. The van der Waals surface area contributed by atoms with Crippen LogP contribution in [0.3, 0.4) is 0 Å². The molecule has 0 spiro atoms. The van der Waals surface area contributed by atoms with Gasteiger partial charge in [0.2, 0.25) is 0 Å². The second-order valence-corrected chi connectivity index (χ2v) is 18.1. The minimum Gasteiger partial charge on any atom is -0.462 e. The van der Waals surface area contributed by atoms with Gasteiger partial charge in [0.15, 0.2) is 6.10 Å². The Bertz CT molecular complexity index is 1290. The standard InChI is InChI=1S/C60H102O6/c1-4-7-10-13-16-19-22-25-27-29-30-32-33-35-38-41-44-47-50-53-59(62)65-56-57(55-64-58(61)52-49-46-43-40-37-24-21-18-15-12-9-6-3)66-60(63)54-51-48-45-42-39-36-34-31-28-26-23-20-17-14-11-8-5-2/h7,10,16,18-19,21,25-28,30,32,35,38,57H,4-6,8-9,11-15,17,20,22-24,29,31,33-34,36-37,39-56H2,1-3H3/b10-7-,19-16-,21-18-,27-25-,28-26-,32-30-,38-35-/t57-/m1/s1. The smallest absolute Gasteiger partial charge is 0.306 e. The van der Waals surface area contributed by atoms with Gasteiger partial charge in [0, 0.05) is 19.3 Å². The number of allylic oxidation sites excluding steroid dienone is 14. The van der Waals surface area contributed by atoms with Crippen LogP contribution in [0, 0.1) is 0 Å². The summed E-state index contributed by atoms with van der Waals surface area (Å²) in [6.45, 7) is 6.46. The molecule has 0 aliphatic heterocycles. The molecule has 0 aromatic carbocycles. The summed E-state index contributed by atoms with van der Waals surface area (Å²) in [5.74, 6) is -0.937. The third-order valence-corrected chi connectivity index (χ3v) is 11.6. The van der Waals surface area contributed by atoms with Crippen LogP contribution in [0.1, 0.15) is 258 Å². The molecule has 378 valence electrons. The Labute approximate surface area is 407 Å². The van der Waals surface area contributed by atoms with E-state index in [0.29, 0.717) is 19.3 Å². The zero-order chi connectivity index (χ0) is 47.9. The van der Waals surface area contributed by atoms with Crippen molar-refractivity contribution in [2.45, 2.75) is 264 Å². The summed E-state index contributed by atoms with van der Waals surface area (Å²) in [6, 6.07) is 0. The lowest BCUT2D eigenvalue weighted by atomic mass is 10.1. The first kappa shape index (κ1) is 62.6. The number of ether oxygens (including phenoxy) is 3. The van der Waals surface area contributed by atoms with Crippen molar-refractivity contribution in [3.05, 3.63) is 85.1 Å². The summed E-state index contributed by atoms with van der Waals surface area (Å²) in [7, 11) is 0. The van der Waals surface area contributed by atoms with Crippen LogP contribution >= 0.6 is 0 Å². The normalized spacial score (nSPS) is 12.7. The first-order valence-electron chi connectivity index (χ1n) is 27.6. The van der Waals surface area contributed by atoms with Gasteiger partial charge >= 0.3 is 17.9 Å². The molecule has 0 heterocycles. The maximum atomic E-state index is 12.8. The van der Waals surface area contributed by atoms with Crippen molar-refractivity contribution in [3.8, 4) is 0 Å². The van der Waals surface area contributed by atoms with E-state index in [2.05, 4.69) is 106 Å². The molecule has 0 rings (SSSR count). The van der Waals surface area contributed by atoms with E-state index in [9.17, 15) is 14.4 Å². The monoisotopic (exact) mass is 919 g/mol. The third kappa shape index (κ3) is 51.6. The van der Waals surface area contributed by atoms with Crippen molar-refractivity contribution >= 4 is 17.9 Å². The molecule has 0 aliphatic rings. The molecule has 1 atom stereocenters. The van der Waals surface area contributed by atoms with Gasteiger partial charge in [-0.05, 0) is 116 Å². The van der Waals surface area contributed by atoms with Crippen LogP contribution < -0.4 is 0 Å². The zero-order valence-corrected chi connectivity index (χ0v) is 43.2. The number of hydrogen-bond acceptors (Lipinski definition) is 6. The van der Waals surface area contributed by atoms with E-state index in [4.69, 9.17) is 14.2 Å². The molecule has 0 saturated carbocycles. The van der Waals surface area contributed by atoms with E-state index in [1.54, 1.807) is 0 Å². The summed E-state index contributed by atoms with van der Waals surface area (Å²) in [4.78, 5) is 38.1. The molecule has 0 radical (unpaired) electrons. The van der Waals surface area contributed by atoms with E-state index >= 15 is 0 Å². The second kappa shape index (κ2) is 54.2. The van der Waals surface area contributed by atoms with Gasteiger partial charge in [-0.3, -0.25) is 14.4 Å². The Morgan fingerprint density at radius 3 is 0.985 bits per heavy atom. The Balaban J connectivity index is 4.44. The topological polar surface area (TPSA) is 78.9 Å². The molecule has 6 heteroatoms. The van der Waals surface area contributed by atoms with Crippen molar-refractivity contribution < 1.29 is 28.6 Å². The SMILES string of the molecule is CC/C=C\C/C=C\C/C=C\C/C=C\C/C=C\CCCCCC(=O)OC[C@@H](COC(=O)CCCCCCC/C=C\CCCCC)OC(=O)CCCCCCCCC/C=C\CCCCCCCC. The maximum absolute atomic E-state index is 12.8. The molecule has 0 unspecified atom stereocenters. The minimum absolute atomic E-state index is 0.0933. The molecule has 6 nitrogen and oxygen atoms in total. The Kier molecular flexibility index (Phi) is 51.4. The fraction of sp³-hybridized carbons (Fsp3) is 0.717. The lowest BCUT2D eigenvalue weighted by molar-refractivity contribution is -0.167. The molecule has 0 fully saturated rings. The molecule has 0 saturated heterocycles. The van der Waals surface area contributed by atoms with Crippen molar-refractivity contribution in [2.24, 2.45) is 0 Å². The highest BCUT2D eigenvalue weighted by Crippen LogP contribution is 2.14. The Hall–Kier alpha value is -3.41. The number of esters is 3. The van der Waals surface area contributed by atoms with Crippen molar-refractivity contribution in [1.82, 2.24) is 0 Å². The summed E-state index contributed by atoms with van der Waals surface area (Å²) >= 11 is 0. The first-order chi connectivity index (χ1) is 32.5. The molecule has 0 amide bonds. The molecule has 0 bridgehead atoms. The van der Waals surface area contributed by atoms with Crippen molar-refractivity contribution in [3.63, 3.8) is 0 Å². The van der Waals surface area contributed by atoms with Crippen LogP contribution in [0.2, 0.25) is 0 Å². The number of carbonyl (C=O) groups excluding carboxylic acids is 3.